The van der Waals surface area contributed by atoms with Crippen LogP contribution in [-0.2, 0) is 0 Å². The summed E-state index contributed by atoms with van der Waals surface area (Å²) in [4.78, 5) is 0. The average Bonchev–Trinajstić information content (AvgIpc) is 2.45. The fourth-order valence-corrected chi connectivity index (χ4v) is 2.52. The fourth-order valence-electron chi connectivity index (χ4n) is 2.52. The minimum Gasteiger partial charge on any atom is -0.508 e. The SMILES string of the molecule is Oc1cc(O)c2c(c1)OC(c1ccc(O)c(O)c1)[C@H](O)C2O. The van der Waals surface area contributed by atoms with Crippen molar-refractivity contribution in [3.63, 3.8) is 0 Å². The van der Waals surface area contributed by atoms with Gasteiger partial charge in [0.1, 0.15) is 29.5 Å². The van der Waals surface area contributed by atoms with Crippen LogP contribution in [0.1, 0.15) is 23.3 Å². The van der Waals surface area contributed by atoms with Crippen LogP contribution in [0, 0.1) is 0 Å². The van der Waals surface area contributed by atoms with Crippen LogP contribution in [0.3, 0.4) is 0 Å². The van der Waals surface area contributed by atoms with Gasteiger partial charge in [0.15, 0.2) is 17.6 Å². The Morgan fingerprint density at radius 2 is 1.55 bits per heavy atom. The lowest BCUT2D eigenvalue weighted by atomic mass is 9.91. The first-order valence-corrected chi connectivity index (χ1v) is 6.49. The van der Waals surface area contributed by atoms with Gasteiger partial charge in [0.05, 0.1) is 5.56 Å². The number of benzene rings is 2. The number of rotatable bonds is 1. The van der Waals surface area contributed by atoms with Gasteiger partial charge in [-0.05, 0) is 17.7 Å². The van der Waals surface area contributed by atoms with Crippen LogP contribution in [0.2, 0.25) is 0 Å². The molecule has 7 heteroatoms. The third kappa shape index (κ3) is 2.16. The Hall–Kier alpha value is -2.64. The average molecular weight is 306 g/mol. The minimum atomic E-state index is -1.44. The molecule has 22 heavy (non-hydrogen) atoms. The highest BCUT2D eigenvalue weighted by molar-refractivity contribution is 5.53. The van der Waals surface area contributed by atoms with Crippen LogP contribution in [-0.4, -0.2) is 36.7 Å². The van der Waals surface area contributed by atoms with E-state index < -0.39 is 29.8 Å². The van der Waals surface area contributed by atoms with E-state index in [4.69, 9.17) is 4.74 Å². The molecule has 0 aliphatic carbocycles. The number of hydrogen-bond donors (Lipinski definition) is 6. The Morgan fingerprint density at radius 3 is 2.23 bits per heavy atom. The molecule has 0 spiro atoms. The molecule has 2 aromatic rings. The lowest BCUT2D eigenvalue weighted by Gasteiger charge is -2.34. The zero-order valence-electron chi connectivity index (χ0n) is 11.2. The number of hydrogen-bond acceptors (Lipinski definition) is 7. The predicted molar refractivity (Wildman–Crippen MR) is 73.9 cm³/mol. The number of aromatic hydroxyl groups is 4. The Labute approximate surface area is 124 Å². The molecule has 2 unspecified atom stereocenters. The van der Waals surface area contributed by atoms with E-state index in [-0.39, 0.29) is 22.8 Å². The molecule has 3 atom stereocenters. The second-order valence-electron chi connectivity index (χ2n) is 5.10. The number of fused-ring (bicyclic) bond motifs is 1. The van der Waals surface area contributed by atoms with E-state index in [1.54, 1.807) is 0 Å². The van der Waals surface area contributed by atoms with Crippen molar-refractivity contribution < 1.29 is 35.4 Å². The number of phenolic OH excluding ortho intramolecular Hbond substituents is 4. The standard InChI is InChI=1S/C15H14O7/c16-7-4-10(19)12-11(5-7)22-15(14(21)13(12)20)6-1-2-8(17)9(18)3-6/h1-5,13-21H/t13?,14-,15?/m1/s1. The van der Waals surface area contributed by atoms with E-state index >= 15 is 0 Å². The van der Waals surface area contributed by atoms with Crippen LogP contribution in [0.15, 0.2) is 30.3 Å². The number of ether oxygens (including phenoxy) is 1. The molecule has 1 heterocycles. The topological polar surface area (TPSA) is 131 Å². The van der Waals surface area contributed by atoms with Gasteiger partial charge in [0, 0.05) is 12.1 Å². The van der Waals surface area contributed by atoms with Crippen molar-refractivity contribution >= 4 is 0 Å². The molecule has 1 aliphatic heterocycles. The monoisotopic (exact) mass is 306 g/mol. The van der Waals surface area contributed by atoms with Crippen molar-refractivity contribution in [1.82, 2.24) is 0 Å². The van der Waals surface area contributed by atoms with Crippen LogP contribution in [0.25, 0.3) is 0 Å². The van der Waals surface area contributed by atoms with Gasteiger partial charge in [-0.2, -0.15) is 0 Å². The molecule has 0 saturated carbocycles. The summed E-state index contributed by atoms with van der Waals surface area (Å²) in [6, 6.07) is 6.08. The van der Waals surface area contributed by atoms with Gasteiger partial charge in [0.2, 0.25) is 0 Å². The van der Waals surface area contributed by atoms with Crippen LogP contribution in [0.4, 0.5) is 0 Å². The van der Waals surface area contributed by atoms with Gasteiger partial charge in [-0.15, -0.1) is 0 Å². The molecule has 0 aromatic heterocycles. The summed E-state index contributed by atoms with van der Waals surface area (Å²) in [6.45, 7) is 0. The van der Waals surface area contributed by atoms with Gasteiger partial charge in [0.25, 0.3) is 0 Å². The first-order chi connectivity index (χ1) is 10.4. The van der Waals surface area contributed by atoms with Crippen LogP contribution >= 0.6 is 0 Å². The van der Waals surface area contributed by atoms with Crippen molar-refractivity contribution in [3.8, 4) is 28.7 Å². The highest BCUT2D eigenvalue weighted by atomic mass is 16.5. The Kier molecular flexibility index (Phi) is 3.23. The van der Waals surface area contributed by atoms with Crippen molar-refractivity contribution in [3.05, 3.63) is 41.5 Å². The van der Waals surface area contributed by atoms with Crippen molar-refractivity contribution in [2.45, 2.75) is 18.3 Å². The molecule has 7 nitrogen and oxygen atoms in total. The molecule has 2 aromatic carbocycles. The summed E-state index contributed by atoms with van der Waals surface area (Å²) in [6.07, 6.45) is -3.90. The van der Waals surface area contributed by atoms with Gasteiger partial charge >= 0.3 is 0 Å². The summed E-state index contributed by atoms with van der Waals surface area (Å²) in [5, 5.41) is 58.5. The number of aliphatic hydroxyl groups is 2. The molecule has 0 amide bonds. The largest absolute Gasteiger partial charge is 0.508 e. The van der Waals surface area contributed by atoms with Gasteiger partial charge in [-0.1, -0.05) is 6.07 Å². The summed E-state index contributed by atoms with van der Waals surface area (Å²) in [5.41, 5.74) is 0.292. The third-order valence-corrected chi connectivity index (χ3v) is 3.62. The van der Waals surface area contributed by atoms with E-state index in [2.05, 4.69) is 0 Å². The normalized spacial score (nSPS) is 23.6. The fraction of sp³-hybridized carbons (Fsp3) is 0.200. The maximum Gasteiger partial charge on any atom is 0.157 e. The molecule has 0 fully saturated rings. The Balaban J connectivity index is 2.06. The molecular weight excluding hydrogens is 292 g/mol. The summed E-state index contributed by atoms with van der Waals surface area (Å²) >= 11 is 0. The van der Waals surface area contributed by atoms with E-state index in [0.29, 0.717) is 5.56 Å². The second kappa shape index (κ2) is 4.97. The van der Waals surface area contributed by atoms with E-state index in [9.17, 15) is 30.6 Å². The smallest absolute Gasteiger partial charge is 0.157 e. The third-order valence-electron chi connectivity index (χ3n) is 3.62. The molecule has 0 saturated heterocycles. The summed E-state index contributed by atoms with van der Waals surface area (Å²) in [5.74, 6) is -1.36. The number of aliphatic hydroxyl groups excluding tert-OH is 2. The maximum atomic E-state index is 10.2. The van der Waals surface area contributed by atoms with Crippen molar-refractivity contribution in [2.24, 2.45) is 0 Å². The molecular formula is C15H14O7. The lowest BCUT2D eigenvalue weighted by Crippen LogP contribution is -2.34. The molecule has 0 radical (unpaired) electrons. The maximum absolute atomic E-state index is 10.2. The molecule has 1 aliphatic rings. The quantitative estimate of drug-likeness (QED) is 0.434. The second-order valence-corrected chi connectivity index (χ2v) is 5.10. The van der Waals surface area contributed by atoms with Crippen molar-refractivity contribution in [2.75, 3.05) is 0 Å². The Morgan fingerprint density at radius 1 is 0.818 bits per heavy atom. The highest BCUT2D eigenvalue weighted by Gasteiger charge is 2.39. The van der Waals surface area contributed by atoms with Crippen LogP contribution < -0.4 is 4.74 Å². The number of phenols is 4. The zero-order chi connectivity index (χ0) is 16.0. The van der Waals surface area contributed by atoms with E-state index in [1.165, 1.54) is 24.3 Å². The minimum absolute atomic E-state index is 0.0212. The predicted octanol–water partition coefficient (Wildman–Crippen LogP) is 1.04. The summed E-state index contributed by atoms with van der Waals surface area (Å²) in [7, 11) is 0. The van der Waals surface area contributed by atoms with E-state index in [1.807, 2.05) is 0 Å². The molecule has 116 valence electrons. The Bertz CT molecular complexity index is 728. The lowest BCUT2D eigenvalue weighted by molar-refractivity contribution is -0.0711. The van der Waals surface area contributed by atoms with Crippen molar-refractivity contribution in [1.29, 1.82) is 0 Å². The van der Waals surface area contributed by atoms with Gasteiger partial charge < -0.3 is 35.4 Å². The molecule has 0 bridgehead atoms. The zero-order valence-corrected chi connectivity index (χ0v) is 11.2. The summed E-state index contributed by atoms with van der Waals surface area (Å²) < 4.78 is 5.53. The van der Waals surface area contributed by atoms with Crippen LogP contribution in [0.5, 0.6) is 28.7 Å². The highest BCUT2D eigenvalue weighted by Crippen LogP contribution is 2.47. The van der Waals surface area contributed by atoms with Gasteiger partial charge in [-0.25, -0.2) is 0 Å². The van der Waals surface area contributed by atoms with Gasteiger partial charge in [-0.3, -0.25) is 0 Å². The molecule has 3 rings (SSSR count). The first kappa shape index (κ1) is 14.3. The van der Waals surface area contributed by atoms with E-state index in [0.717, 1.165) is 6.07 Å². The first-order valence-electron chi connectivity index (χ1n) is 6.49. The molecule has 6 N–H and O–H groups in total.